The minimum Gasteiger partial charge on any atom is -0.465 e. The van der Waals surface area contributed by atoms with Crippen molar-refractivity contribution >= 4 is 5.97 Å². The molecule has 0 saturated carbocycles. The molecule has 0 aliphatic heterocycles. The summed E-state index contributed by atoms with van der Waals surface area (Å²) in [6.45, 7) is 3.14. The lowest BCUT2D eigenvalue weighted by molar-refractivity contribution is -0.146. The van der Waals surface area contributed by atoms with Gasteiger partial charge in [-0.05, 0) is 19.1 Å². The fourth-order valence-corrected chi connectivity index (χ4v) is 0.830. The predicted octanol–water partition coefficient (Wildman–Crippen LogP) is 1.90. The zero-order chi connectivity index (χ0) is 8.27. The van der Waals surface area contributed by atoms with E-state index >= 15 is 0 Å². The summed E-state index contributed by atoms with van der Waals surface area (Å²) in [4.78, 5) is 10.5. The molecule has 0 radical (unpaired) electrons. The summed E-state index contributed by atoms with van der Waals surface area (Å²) in [7, 11) is 0. The van der Waals surface area contributed by atoms with Crippen molar-refractivity contribution in [3.05, 3.63) is 24.2 Å². The van der Waals surface area contributed by atoms with Crippen LogP contribution in [-0.2, 0) is 9.53 Å². The third-order valence-electron chi connectivity index (χ3n) is 1.29. The second kappa shape index (κ2) is 3.23. The van der Waals surface area contributed by atoms with Crippen molar-refractivity contribution < 1.29 is 13.9 Å². The zero-order valence-electron chi connectivity index (χ0n) is 6.53. The topological polar surface area (TPSA) is 39.4 Å². The van der Waals surface area contributed by atoms with Gasteiger partial charge in [-0.3, -0.25) is 4.79 Å². The highest BCUT2D eigenvalue weighted by Crippen LogP contribution is 2.16. The highest BCUT2D eigenvalue weighted by molar-refractivity contribution is 5.66. The number of carbonyl (C=O) groups is 1. The Kier molecular flexibility index (Phi) is 2.31. The van der Waals surface area contributed by atoms with Gasteiger partial charge in [0.05, 0.1) is 6.26 Å². The van der Waals surface area contributed by atoms with Crippen molar-refractivity contribution in [2.45, 2.75) is 20.0 Å². The average Bonchev–Trinajstić information content (AvgIpc) is 2.35. The van der Waals surface area contributed by atoms with Gasteiger partial charge in [0.1, 0.15) is 5.76 Å². The van der Waals surface area contributed by atoms with Crippen molar-refractivity contribution in [2.24, 2.45) is 0 Å². The number of rotatable bonds is 2. The largest absolute Gasteiger partial charge is 0.465 e. The number of hydrogen-bond acceptors (Lipinski definition) is 3. The van der Waals surface area contributed by atoms with E-state index in [0.717, 1.165) is 0 Å². The molecule has 11 heavy (non-hydrogen) atoms. The second-order valence-corrected chi connectivity index (χ2v) is 2.27. The van der Waals surface area contributed by atoms with E-state index in [4.69, 9.17) is 9.15 Å². The first-order chi connectivity index (χ1) is 5.20. The first-order valence-corrected chi connectivity index (χ1v) is 3.41. The molecule has 0 bridgehead atoms. The molecular formula is C8H10O3. The molecule has 1 atom stereocenters. The van der Waals surface area contributed by atoms with Gasteiger partial charge in [0.25, 0.3) is 0 Å². The molecule has 1 aromatic heterocycles. The Morgan fingerprint density at radius 1 is 1.73 bits per heavy atom. The van der Waals surface area contributed by atoms with Gasteiger partial charge in [-0.15, -0.1) is 0 Å². The Morgan fingerprint density at radius 2 is 2.45 bits per heavy atom. The van der Waals surface area contributed by atoms with E-state index in [-0.39, 0.29) is 12.1 Å². The molecule has 0 unspecified atom stereocenters. The molecular weight excluding hydrogens is 144 g/mol. The molecule has 0 aromatic carbocycles. The van der Waals surface area contributed by atoms with Crippen molar-refractivity contribution in [2.75, 3.05) is 0 Å². The van der Waals surface area contributed by atoms with Gasteiger partial charge in [0, 0.05) is 6.92 Å². The Labute approximate surface area is 65.0 Å². The lowest BCUT2D eigenvalue weighted by Crippen LogP contribution is -2.03. The minimum absolute atomic E-state index is 0.289. The summed E-state index contributed by atoms with van der Waals surface area (Å²) in [5.74, 6) is 0.370. The molecule has 0 N–H and O–H groups in total. The van der Waals surface area contributed by atoms with Crippen LogP contribution >= 0.6 is 0 Å². The predicted molar refractivity (Wildman–Crippen MR) is 38.9 cm³/mol. The van der Waals surface area contributed by atoms with Crippen molar-refractivity contribution in [3.8, 4) is 0 Å². The first-order valence-electron chi connectivity index (χ1n) is 3.41. The molecule has 1 rings (SSSR count). The first kappa shape index (κ1) is 7.85. The van der Waals surface area contributed by atoms with Gasteiger partial charge in [0.15, 0.2) is 6.10 Å². The molecule has 0 fully saturated rings. The molecule has 0 saturated heterocycles. The fourth-order valence-electron chi connectivity index (χ4n) is 0.830. The van der Waals surface area contributed by atoms with Crippen LogP contribution in [0, 0.1) is 0 Å². The van der Waals surface area contributed by atoms with Crippen molar-refractivity contribution in [1.29, 1.82) is 0 Å². The summed E-state index contributed by atoms with van der Waals surface area (Å²) in [5.41, 5.74) is 0. The van der Waals surface area contributed by atoms with Gasteiger partial charge in [-0.2, -0.15) is 0 Å². The van der Waals surface area contributed by atoms with Gasteiger partial charge >= 0.3 is 5.97 Å². The molecule has 0 amide bonds. The number of furan rings is 1. The van der Waals surface area contributed by atoms with Crippen molar-refractivity contribution in [3.63, 3.8) is 0 Å². The van der Waals surface area contributed by atoms with Crippen LogP contribution < -0.4 is 0 Å². The van der Waals surface area contributed by atoms with E-state index < -0.39 is 0 Å². The van der Waals surface area contributed by atoms with E-state index in [1.807, 2.05) is 0 Å². The maximum absolute atomic E-state index is 10.5. The Balaban J connectivity index is 2.56. The monoisotopic (exact) mass is 154 g/mol. The van der Waals surface area contributed by atoms with Gasteiger partial charge in [-0.25, -0.2) is 0 Å². The lowest BCUT2D eigenvalue weighted by atomic mass is 10.3. The molecule has 1 heterocycles. The molecule has 0 aliphatic rings. The number of ether oxygens (including phenoxy) is 1. The van der Waals surface area contributed by atoms with Crippen LogP contribution in [0.3, 0.4) is 0 Å². The van der Waals surface area contributed by atoms with Gasteiger partial charge < -0.3 is 9.15 Å². The van der Waals surface area contributed by atoms with Crippen LogP contribution in [-0.4, -0.2) is 5.97 Å². The summed E-state index contributed by atoms with van der Waals surface area (Å²) < 4.78 is 9.88. The van der Waals surface area contributed by atoms with Crippen LogP contribution in [0.5, 0.6) is 0 Å². The molecule has 0 spiro atoms. The van der Waals surface area contributed by atoms with Crippen LogP contribution in [0.2, 0.25) is 0 Å². The average molecular weight is 154 g/mol. The Morgan fingerprint density at radius 3 is 2.91 bits per heavy atom. The SMILES string of the molecule is CC(=O)O[C@H](C)c1ccco1. The normalized spacial score (nSPS) is 12.5. The quantitative estimate of drug-likeness (QED) is 0.611. The van der Waals surface area contributed by atoms with Crippen LogP contribution in [0.15, 0.2) is 22.8 Å². The van der Waals surface area contributed by atoms with Gasteiger partial charge in [-0.1, -0.05) is 0 Å². The number of hydrogen-bond donors (Lipinski definition) is 0. The van der Waals surface area contributed by atoms with E-state index in [0.29, 0.717) is 5.76 Å². The molecule has 1 aromatic rings. The lowest BCUT2D eigenvalue weighted by Gasteiger charge is -2.07. The Hall–Kier alpha value is -1.25. The third kappa shape index (κ3) is 2.11. The summed E-state index contributed by atoms with van der Waals surface area (Å²) in [5, 5.41) is 0. The highest BCUT2D eigenvalue weighted by Gasteiger charge is 2.09. The molecule has 0 aliphatic carbocycles. The number of carbonyl (C=O) groups excluding carboxylic acids is 1. The van der Waals surface area contributed by atoms with Crippen molar-refractivity contribution in [1.82, 2.24) is 0 Å². The van der Waals surface area contributed by atoms with E-state index in [9.17, 15) is 4.79 Å². The minimum atomic E-state index is -0.297. The Bertz CT molecular complexity index is 225. The zero-order valence-corrected chi connectivity index (χ0v) is 6.53. The molecule has 3 heteroatoms. The van der Waals surface area contributed by atoms with Gasteiger partial charge in [0.2, 0.25) is 0 Å². The molecule has 60 valence electrons. The smallest absolute Gasteiger partial charge is 0.303 e. The standard InChI is InChI=1S/C8H10O3/c1-6(11-7(2)9)8-4-3-5-10-8/h3-6H,1-2H3/t6-/m1/s1. The fraction of sp³-hybridized carbons (Fsp3) is 0.375. The second-order valence-electron chi connectivity index (χ2n) is 2.27. The maximum atomic E-state index is 10.5. The number of esters is 1. The van der Waals surface area contributed by atoms with E-state index in [1.54, 1.807) is 25.3 Å². The van der Waals surface area contributed by atoms with Crippen LogP contribution in [0.25, 0.3) is 0 Å². The third-order valence-corrected chi connectivity index (χ3v) is 1.29. The summed E-state index contributed by atoms with van der Waals surface area (Å²) >= 11 is 0. The van der Waals surface area contributed by atoms with Crippen LogP contribution in [0.1, 0.15) is 25.7 Å². The van der Waals surface area contributed by atoms with E-state index in [1.165, 1.54) is 6.92 Å². The summed E-state index contributed by atoms with van der Waals surface area (Å²) in [6, 6.07) is 3.53. The van der Waals surface area contributed by atoms with E-state index in [2.05, 4.69) is 0 Å². The molecule has 3 nitrogen and oxygen atoms in total. The summed E-state index contributed by atoms with van der Waals surface area (Å²) in [6.07, 6.45) is 1.26. The highest BCUT2D eigenvalue weighted by atomic mass is 16.5. The van der Waals surface area contributed by atoms with Crippen LogP contribution in [0.4, 0.5) is 0 Å². The maximum Gasteiger partial charge on any atom is 0.303 e.